The SMILES string of the molecule is C=C[C@@H]1C[C@]1(NC(=O)[C@@H]1C[C@@]2(CN1C(=O)[C@@H](NC(=O)[C@@H](NC(=O)NC(C)(C)C)C1CCCCC1)C(C)(C)C)C(C)(C)C21CCC1)C(=O)NS(=O)(=O)c1cccc2cc[nH]c12. The third kappa shape index (κ3) is 7.29. The van der Waals surface area contributed by atoms with Gasteiger partial charge in [0.05, 0.1) is 5.52 Å². The molecule has 6 amide bonds. The van der Waals surface area contributed by atoms with Gasteiger partial charge in [-0.1, -0.05) is 78.5 Å². The Kier molecular flexibility index (Phi) is 10.8. The molecule has 1 saturated heterocycles. The van der Waals surface area contributed by atoms with Gasteiger partial charge in [0.25, 0.3) is 15.9 Å². The number of aromatic nitrogens is 1. The molecule has 1 aliphatic heterocycles. The molecule has 7 rings (SSSR count). The molecule has 2 aromatic rings. The summed E-state index contributed by atoms with van der Waals surface area (Å²) in [7, 11) is -4.37. The fraction of sp³-hybridized carbons (Fsp3) is 0.667. The van der Waals surface area contributed by atoms with Crippen LogP contribution in [0.5, 0.6) is 0 Å². The highest BCUT2D eigenvalue weighted by Gasteiger charge is 2.85. The molecule has 4 aliphatic carbocycles. The van der Waals surface area contributed by atoms with Crippen molar-refractivity contribution in [1.82, 2.24) is 35.9 Å². The summed E-state index contributed by atoms with van der Waals surface area (Å²) in [6, 6.07) is 3.10. The Balaban J connectivity index is 1.17. The zero-order chi connectivity index (χ0) is 43.8. The van der Waals surface area contributed by atoms with Crippen LogP contribution in [0.25, 0.3) is 10.9 Å². The van der Waals surface area contributed by atoms with Crippen LogP contribution in [0.3, 0.4) is 0 Å². The highest BCUT2D eigenvalue weighted by atomic mass is 32.2. The minimum absolute atomic E-state index is 0.0460. The lowest BCUT2D eigenvalue weighted by molar-refractivity contribution is -0.145. The number of sulfonamides is 1. The fourth-order valence-corrected chi connectivity index (χ4v) is 12.6. The molecule has 0 unspecified atom stereocenters. The lowest BCUT2D eigenvalue weighted by Gasteiger charge is -2.38. The first kappa shape index (κ1) is 43.7. The number of para-hydroxylation sites is 1. The van der Waals surface area contributed by atoms with Crippen molar-refractivity contribution in [3.8, 4) is 0 Å². The molecule has 60 heavy (non-hydrogen) atoms. The highest BCUT2D eigenvalue weighted by molar-refractivity contribution is 7.90. The number of nitrogens with zero attached hydrogens (tertiary/aromatic N) is 1. The van der Waals surface area contributed by atoms with E-state index in [1.54, 1.807) is 29.3 Å². The zero-order valence-corrected chi connectivity index (χ0v) is 37.4. The Hall–Kier alpha value is -4.40. The van der Waals surface area contributed by atoms with E-state index in [0.29, 0.717) is 23.9 Å². The second-order valence-corrected chi connectivity index (χ2v) is 22.7. The van der Waals surface area contributed by atoms with E-state index in [1.807, 2.05) is 41.5 Å². The quantitative estimate of drug-likeness (QED) is 0.163. The monoisotopic (exact) mass is 847 g/mol. The van der Waals surface area contributed by atoms with E-state index in [2.05, 4.69) is 51.4 Å². The minimum Gasteiger partial charge on any atom is -0.360 e. The Morgan fingerprint density at radius 3 is 2.17 bits per heavy atom. The number of H-pyrrole nitrogens is 1. The van der Waals surface area contributed by atoms with Crippen molar-refractivity contribution in [2.45, 2.75) is 154 Å². The minimum atomic E-state index is -4.37. The van der Waals surface area contributed by atoms with Crippen LogP contribution in [0.4, 0.5) is 4.79 Å². The molecular formula is C45H65N7O7S. The molecule has 6 N–H and O–H groups in total. The predicted molar refractivity (Wildman–Crippen MR) is 229 cm³/mol. The van der Waals surface area contributed by atoms with E-state index in [0.717, 1.165) is 51.4 Å². The highest BCUT2D eigenvalue weighted by Crippen LogP contribution is 2.88. The third-order valence-electron chi connectivity index (χ3n) is 15.1. The van der Waals surface area contributed by atoms with E-state index < -0.39 is 80.2 Å². The first-order valence-electron chi connectivity index (χ1n) is 21.7. The second-order valence-electron chi connectivity index (χ2n) is 21.0. The molecule has 2 heterocycles. The second kappa shape index (κ2) is 14.9. The zero-order valence-electron chi connectivity index (χ0n) is 36.5. The molecule has 5 aliphatic rings. The van der Waals surface area contributed by atoms with Gasteiger partial charge in [-0.05, 0) is 93.6 Å². The Bertz CT molecular complexity index is 2190. The van der Waals surface area contributed by atoms with Gasteiger partial charge in [-0.3, -0.25) is 19.2 Å². The van der Waals surface area contributed by atoms with Crippen LogP contribution < -0.4 is 26.0 Å². The number of rotatable bonds is 11. The summed E-state index contributed by atoms with van der Waals surface area (Å²) in [4.78, 5) is 76.2. The first-order chi connectivity index (χ1) is 27.9. The van der Waals surface area contributed by atoms with Crippen molar-refractivity contribution >= 4 is 50.6 Å². The summed E-state index contributed by atoms with van der Waals surface area (Å²) in [5.41, 5.74) is -3.17. The average Bonchev–Trinajstić information content (AvgIpc) is 3.66. The molecule has 0 bridgehead atoms. The number of carbonyl (C=O) groups excluding carboxylic acids is 5. The molecule has 5 fully saturated rings. The van der Waals surface area contributed by atoms with Gasteiger partial charge >= 0.3 is 6.03 Å². The fourth-order valence-electron chi connectivity index (χ4n) is 11.4. The van der Waals surface area contributed by atoms with Crippen LogP contribution in [0, 0.1) is 33.5 Å². The number of hydrogen-bond donors (Lipinski definition) is 6. The van der Waals surface area contributed by atoms with Crippen molar-refractivity contribution in [3.63, 3.8) is 0 Å². The van der Waals surface area contributed by atoms with Crippen molar-refractivity contribution in [1.29, 1.82) is 0 Å². The van der Waals surface area contributed by atoms with Crippen molar-refractivity contribution in [3.05, 3.63) is 43.1 Å². The molecule has 6 atom stereocenters. The molecule has 1 aromatic heterocycles. The standard InChI is InChI=1S/C45H65N7O7S/c1-10-29-24-45(29,38(56)51-60(58,59)31-19-14-18-28-20-23-46-32(28)31)49-35(53)30-25-44(42(8,9)43(44)21-15-22-43)26-52(30)37(55)34(40(2,3)4)48-36(54)33(27-16-12-11-13-17-27)47-39(57)50-41(5,6)7/h10,14,18-20,23,27,29-30,33-34,46H,1,11-13,15-17,21-22,24-26H2,2-9H3,(H,48,54)(H,49,53)(H,51,56)(H2,47,50,57)/t29-,30+,33+,34-,44-,45-/m1/s1. The van der Waals surface area contributed by atoms with Gasteiger partial charge in [0.1, 0.15) is 28.6 Å². The Morgan fingerprint density at radius 1 is 0.917 bits per heavy atom. The van der Waals surface area contributed by atoms with Gasteiger partial charge in [0.2, 0.25) is 17.7 Å². The third-order valence-corrected chi connectivity index (χ3v) is 16.5. The Morgan fingerprint density at radius 2 is 1.60 bits per heavy atom. The van der Waals surface area contributed by atoms with Gasteiger partial charge in [-0.2, -0.15) is 0 Å². The molecule has 4 saturated carbocycles. The predicted octanol–water partition coefficient (Wildman–Crippen LogP) is 5.41. The molecule has 1 aromatic carbocycles. The van der Waals surface area contributed by atoms with Crippen LogP contribution >= 0.6 is 0 Å². The molecule has 328 valence electrons. The Labute approximate surface area is 354 Å². The molecule has 14 nitrogen and oxygen atoms in total. The number of carbonyl (C=O) groups is 5. The number of urea groups is 1. The summed E-state index contributed by atoms with van der Waals surface area (Å²) in [5, 5.41) is 12.5. The van der Waals surface area contributed by atoms with E-state index in [9.17, 15) is 27.6 Å². The topological polar surface area (TPSA) is 199 Å². The number of hydrogen-bond acceptors (Lipinski definition) is 7. The summed E-state index contributed by atoms with van der Waals surface area (Å²) in [6.07, 6.45) is 11.1. The number of nitrogens with one attached hydrogen (secondary N) is 6. The number of amides is 6. The maximum atomic E-state index is 15.2. The van der Waals surface area contributed by atoms with Crippen LogP contribution in [-0.2, 0) is 29.2 Å². The molecule has 15 heteroatoms. The molecular weight excluding hydrogens is 783 g/mol. The lowest BCUT2D eigenvalue weighted by Crippen LogP contribution is -2.63. The number of likely N-dealkylation sites (tertiary alicyclic amines) is 1. The summed E-state index contributed by atoms with van der Waals surface area (Å²) >= 11 is 0. The summed E-state index contributed by atoms with van der Waals surface area (Å²) < 4.78 is 29.6. The first-order valence-corrected chi connectivity index (χ1v) is 23.2. The van der Waals surface area contributed by atoms with Gasteiger partial charge < -0.3 is 31.2 Å². The van der Waals surface area contributed by atoms with Crippen molar-refractivity contribution in [2.75, 3.05) is 6.54 Å². The van der Waals surface area contributed by atoms with E-state index in [1.165, 1.54) is 12.1 Å². The average molecular weight is 848 g/mol. The van der Waals surface area contributed by atoms with E-state index in [4.69, 9.17) is 0 Å². The molecule has 0 radical (unpaired) electrons. The molecule has 2 spiro atoms. The summed E-state index contributed by atoms with van der Waals surface area (Å²) in [5.74, 6) is -2.96. The van der Waals surface area contributed by atoms with Gasteiger partial charge in [-0.25, -0.2) is 17.9 Å². The van der Waals surface area contributed by atoms with Gasteiger partial charge in [0, 0.05) is 35.0 Å². The van der Waals surface area contributed by atoms with Crippen LogP contribution in [-0.4, -0.2) is 83.7 Å². The number of benzene rings is 1. The van der Waals surface area contributed by atoms with Crippen LogP contribution in [0.2, 0.25) is 0 Å². The number of fused-ring (bicyclic) bond motifs is 2. The van der Waals surface area contributed by atoms with E-state index in [-0.39, 0.29) is 33.5 Å². The number of aromatic amines is 1. The maximum absolute atomic E-state index is 15.2. The normalized spacial score (nSPS) is 28.0. The largest absolute Gasteiger partial charge is 0.360 e. The van der Waals surface area contributed by atoms with E-state index >= 15 is 4.79 Å². The smallest absolute Gasteiger partial charge is 0.315 e. The van der Waals surface area contributed by atoms with Gasteiger partial charge in [-0.15, -0.1) is 6.58 Å². The van der Waals surface area contributed by atoms with Gasteiger partial charge in [0.15, 0.2) is 0 Å². The van der Waals surface area contributed by atoms with Crippen molar-refractivity contribution < 1.29 is 32.4 Å². The lowest BCUT2D eigenvalue weighted by atomic mass is 9.73. The van der Waals surface area contributed by atoms with Crippen LogP contribution in [0.1, 0.15) is 120 Å². The van der Waals surface area contributed by atoms with Crippen LogP contribution in [0.15, 0.2) is 48.0 Å². The summed E-state index contributed by atoms with van der Waals surface area (Å²) in [6.45, 7) is 19.8. The van der Waals surface area contributed by atoms with Crippen molar-refractivity contribution in [2.24, 2.45) is 33.5 Å². The maximum Gasteiger partial charge on any atom is 0.315 e.